The fourth-order valence-electron chi connectivity index (χ4n) is 2.89. The van der Waals surface area contributed by atoms with Gasteiger partial charge in [-0.3, -0.25) is 0 Å². The average molecular weight is 312 g/mol. The van der Waals surface area contributed by atoms with Gasteiger partial charge in [0.05, 0.1) is 0 Å². The third-order valence-electron chi connectivity index (χ3n) is 4.54. The van der Waals surface area contributed by atoms with E-state index in [1.807, 2.05) is 36.4 Å². The van der Waals surface area contributed by atoms with E-state index in [1.165, 1.54) is 12.1 Å². The molecule has 0 aromatic heterocycles. The highest BCUT2D eigenvalue weighted by Crippen LogP contribution is 2.47. The van der Waals surface area contributed by atoms with Crippen LogP contribution < -0.4 is 10.6 Å². The lowest BCUT2D eigenvalue weighted by molar-refractivity contribution is 0.251. The Morgan fingerprint density at radius 2 is 1.83 bits per heavy atom. The molecule has 2 aromatic carbocycles. The fourth-order valence-corrected chi connectivity index (χ4v) is 2.89. The molecule has 2 amide bonds. The molecule has 3 rings (SSSR count). The first-order chi connectivity index (χ1) is 11.1. The smallest absolute Gasteiger partial charge is 0.319 e. The maximum Gasteiger partial charge on any atom is 0.319 e. The molecule has 1 saturated carbocycles. The first-order valence-electron chi connectivity index (χ1n) is 8.02. The molecule has 0 unspecified atom stereocenters. The van der Waals surface area contributed by atoms with Crippen molar-refractivity contribution in [2.45, 2.75) is 31.6 Å². The van der Waals surface area contributed by atoms with Gasteiger partial charge in [0, 0.05) is 17.6 Å². The maximum absolute atomic E-state index is 13.0. The van der Waals surface area contributed by atoms with Gasteiger partial charge in [-0.25, -0.2) is 9.18 Å². The predicted molar refractivity (Wildman–Crippen MR) is 90.2 cm³/mol. The number of carbonyl (C=O) groups is 1. The molecule has 2 aromatic rings. The Morgan fingerprint density at radius 1 is 1.13 bits per heavy atom. The monoisotopic (exact) mass is 312 g/mol. The lowest BCUT2D eigenvalue weighted by atomic mass is 9.96. The van der Waals surface area contributed by atoms with Crippen LogP contribution in [-0.4, -0.2) is 12.6 Å². The van der Waals surface area contributed by atoms with Crippen LogP contribution in [-0.2, 0) is 11.8 Å². The summed E-state index contributed by atoms with van der Waals surface area (Å²) in [5.41, 5.74) is 3.02. The van der Waals surface area contributed by atoms with E-state index in [-0.39, 0.29) is 17.3 Å². The second-order valence-corrected chi connectivity index (χ2v) is 6.11. The summed E-state index contributed by atoms with van der Waals surface area (Å²) in [7, 11) is 0. The zero-order chi connectivity index (χ0) is 16.3. The van der Waals surface area contributed by atoms with Crippen molar-refractivity contribution in [3.63, 3.8) is 0 Å². The second-order valence-electron chi connectivity index (χ2n) is 6.11. The zero-order valence-corrected chi connectivity index (χ0v) is 13.2. The summed E-state index contributed by atoms with van der Waals surface area (Å²) in [5, 5.41) is 5.87. The van der Waals surface area contributed by atoms with E-state index in [2.05, 4.69) is 17.6 Å². The molecule has 0 atom stereocenters. The first kappa shape index (κ1) is 15.5. The van der Waals surface area contributed by atoms with Crippen LogP contribution in [0.1, 0.15) is 30.9 Å². The number of anilines is 1. The number of urea groups is 1. The Hall–Kier alpha value is -2.36. The van der Waals surface area contributed by atoms with Crippen LogP contribution >= 0.6 is 0 Å². The van der Waals surface area contributed by atoms with Gasteiger partial charge in [-0.15, -0.1) is 0 Å². The molecule has 0 radical (unpaired) electrons. The third kappa shape index (κ3) is 3.52. The van der Waals surface area contributed by atoms with E-state index in [0.29, 0.717) is 6.54 Å². The highest BCUT2D eigenvalue weighted by atomic mass is 19.1. The summed E-state index contributed by atoms with van der Waals surface area (Å²) in [6.45, 7) is 2.63. The number of amides is 2. The molecule has 1 aliphatic carbocycles. The number of nitrogens with one attached hydrogen (secondary N) is 2. The highest BCUT2D eigenvalue weighted by molar-refractivity contribution is 5.90. The minimum Gasteiger partial charge on any atom is -0.337 e. The van der Waals surface area contributed by atoms with Crippen LogP contribution in [0.25, 0.3) is 0 Å². The molecule has 0 bridgehead atoms. The molecule has 0 aliphatic heterocycles. The quantitative estimate of drug-likeness (QED) is 0.852. The molecule has 2 N–H and O–H groups in total. The van der Waals surface area contributed by atoms with E-state index in [1.54, 1.807) is 0 Å². The van der Waals surface area contributed by atoms with Gasteiger partial charge >= 0.3 is 6.03 Å². The number of hydrogen-bond donors (Lipinski definition) is 2. The van der Waals surface area contributed by atoms with Crippen molar-refractivity contribution in [3.8, 4) is 0 Å². The topological polar surface area (TPSA) is 41.1 Å². The number of aryl methyl sites for hydroxylation is 1. The Labute approximate surface area is 135 Å². The molecule has 120 valence electrons. The number of rotatable bonds is 5. The summed E-state index contributed by atoms with van der Waals surface area (Å²) in [6.07, 6.45) is 2.91. The Morgan fingerprint density at radius 3 is 2.48 bits per heavy atom. The maximum atomic E-state index is 13.0. The molecular formula is C19H21FN2O. The molecule has 0 spiro atoms. The van der Waals surface area contributed by atoms with Crippen LogP contribution in [0.4, 0.5) is 14.9 Å². The second kappa shape index (κ2) is 6.41. The molecule has 0 heterocycles. The minimum atomic E-state index is -0.230. The van der Waals surface area contributed by atoms with Crippen LogP contribution in [0, 0.1) is 5.82 Å². The lowest BCUT2D eigenvalue weighted by Gasteiger charge is -2.17. The van der Waals surface area contributed by atoms with E-state index in [0.717, 1.165) is 36.1 Å². The fraction of sp³-hybridized carbons (Fsp3) is 0.316. The van der Waals surface area contributed by atoms with Crippen molar-refractivity contribution in [2.24, 2.45) is 0 Å². The van der Waals surface area contributed by atoms with E-state index < -0.39 is 0 Å². The predicted octanol–water partition coefficient (Wildman–Crippen LogP) is 4.24. The van der Waals surface area contributed by atoms with Crippen LogP contribution in [0.5, 0.6) is 0 Å². The number of para-hydroxylation sites is 1. The van der Waals surface area contributed by atoms with E-state index >= 15 is 0 Å². The summed E-state index contributed by atoms with van der Waals surface area (Å²) >= 11 is 0. The number of halogens is 1. The summed E-state index contributed by atoms with van der Waals surface area (Å²) in [6, 6.07) is 14.2. The molecule has 23 heavy (non-hydrogen) atoms. The Kier molecular flexibility index (Phi) is 4.33. The normalized spacial score (nSPS) is 15.0. The summed E-state index contributed by atoms with van der Waals surface area (Å²) < 4.78 is 13.0. The average Bonchev–Trinajstić information content (AvgIpc) is 3.35. The Balaban J connectivity index is 1.60. The van der Waals surface area contributed by atoms with Crippen LogP contribution in [0.15, 0.2) is 48.5 Å². The molecule has 0 saturated heterocycles. The number of carbonyl (C=O) groups excluding carboxylic acids is 1. The van der Waals surface area contributed by atoms with Crippen molar-refractivity contribution >= 4 is 11.7 Å². The molecule has 3 nitrogen and oxygen atoms in total. The van der Waals surface area contributed by atoms with Gasteiger partial charge in [0.2, 0.25) is 0 Å². The molecule has 1 fully saturated rings. The van der Waals surface area contributed by atoms with Gasteiger partial charge in [-0.05, 0) is 48.6 Å². The van der Waals surface area contributed by atoms with Gasteiger partial charge in [-0.2, -0.15) is 0 Å². The summed E-state index contributed by atoms with van der Waals surface area (Å²) in [4.78, 5) is 12.2. The highest BCUT2D eigenvalue weighted by Gasteiger charge is 2.44. The molecule has 1 aliphatic rings. The van der Waals surface area contributed by atoms with Crippen molar-refractivity contribution in [2.75, 3.05) is 11.9 Å². The summed E-state index contributed by atoms with van der Waals surface area (Å²) in [5.74, 6) is -0.230. The Bertz CT molecular complexity index is 693. The van der Waals surface area contributed by atoms with Crippen molar-refractivity contribution in [1.29, 1.82) is 0 Å². The van der Waals surface area contributed by atoms with Crippen LogP contribution in [0.3, 0.4) is 0 Å². The van der Waals surface area contributed by atoms with Crippen molar-refractivity contribution < 1.29 is 9.18 Å². The molecule has 4 heteroatoms. The van der Waals surface area contributed by atoms with Gasteiger partial charge < -0.3 is 10.6 Å². The van der Waals surface area contributed by atoms with Gasteiger partial charge in [-0.1, -0.05) is 37.3 Å². The largest absolute Gasteiger partial charge is 0.337 e. The van der Waals surface area contributed by atoms with Crippen LogP contribution in [0.2, 0.25) is 0 Å². The van der Waals surface area contributed by atoms with Gasteiger partial charge in [0.25, 0.3) is 0 Å². The van der Waals surface area contributed by atoms with Gasteiger partial charge in [0.1, 0.15) is 5.82 Å². The zero-order valence-electron chi connectivity index (χ0n) is 13.2. The van der Waals surface area contributed by atoms with Crippen molar-refractivity contribution in [1.82, 2.24) is 5.32 Å². The number of hydrogen-bond acceptors (Lipinski definition) is 1. The van der Waals surface area contributed by atoms with Gasteiger partial charge in [0.15, 0.2) is 0 Å². The SMILES string of the molecule is CCc1ccccc1NC(=O)NCC1(c2ccc(F)cc2)CC1. The third-order valence-corrected chi connectivity index (χ3v) is 4.54. The number of benzene rings is 2. The first-order valence-corrected chi connectivity index (χ1v) is 8.02. The van der Waals surface area contributed by atoms with Crippen molar-refractivity contribution in [3.05, 3.63) is 65.5 Å². The van der Waals surface area contributed by atoms with E-state index in [9.17, 15) is 9.18 Å². The van der Waals surface area contributed by atoms with E-state index in [4.69, 9.17) is 0 Å². The minimum absolute atomic E-state index is 0.0324. The lowest BCUT2D eigenvalue weighted by Crippen LogP contribution is -2.35. The molecular weight excluding hydrogens is 291 g/mol. The standard InChI is InChI=1S/C19H21FN2O/c1-2-14-5-3-4-6-17(14)22-18(23)21-13-19(11-12-19)15-7-9-16(20)10-8-15/h3-10H,2,11-13H2,1H3,(H2,21,22,23).